The zero-order valence-corrected chi connectivity index (χ0v) is 14.7. The molecule has 0 aliphatic rings. The van der Waals surface area contributed by atoms with Crippen LogP contribution in [0.1, 0.15) is 21.5 Å². The van der Waals surface area contributed by atoms with Crippen molar-refractivity contribution in [2.45, 2.75) is 6.92 Å². The lowest BCUT2D eigenvalue weighted by molar-refractivity contribution is 0.102. The molecule has 0 atom stereocenters. The average molecular weight is 363 g/mol. The molecule has 1 heterocycles. The van der Waals surface area contributed by atoms with Gasteiger partial charge in [-0.15, -0.1) is 0 Å². The SMILES string of the molecule is Cc1c(Cl)cccc1Nc1cc(C(=O)Nc2ccccc2C#N)ccn1. The second-order valence-corrected chi connectivity index (χ2v) is 5.99. The molecule has 1 aromatic heterocycles. The van der Waals surface area contributed by atoms with Crippen molar-refractivity contribution in [1.82, 2.24) is 4.98 Å². The van der Waals surface area contributed by atoms with Crippen molar-refractivity contribution in [3.8, 4) is 6.07 Å². The number of para-hydroxylation sites is 1. The summed E-state index contributed by atoms with van der Waals surface area (Å²) in [5.74, 6) is 0.206. The Kier molecular flexibility index (Phi) is 5.16. The summed E-state index contributed by atoms with van der Waals surface area (Å²) in [4.78, 5) is 16.8. The van der Waals surface area contributed by atoms with Gasteiger partial charge in [-0.3, -0.25) is 4.79 Å². The predicted molar refractivity (Wildman–Crippen MR) is 103 cm³/mol. The summed E-state index contributed by atoms with van der Waals surface area (Å²) in [5.41, 5.74) is 3.01. The van der Waals surface area contributed by atoms with Gasteiger partial charge in [-0.1, -0.05) is 29.8 Å². The Morgan fingerprint density at radius 1 is 1.12 bits per heavy atom. The second kappa shape index (κ2) is 7.68. The Morgan fingerprint density at radius 3 is 2.69 bits per heavy atom. The van der Waals surface area contributed by atoms with Crippen LogP contribution in [0.2, 0.25) is 5.02 Å². The lowest BCUT2D eigenvalue weighted by Gasteiger charge is -2.11. The maximum Gasteiger partial charge on any atom is 0.255 e. The minimum atomic E-state index is -0.319. The molecular weight excluding hydrogens is 348 g/mol. The van der Waals surface area contributed by atoms with E-state index in [0.717, 1.165) is 11.3 Å². The van der Waals surface area contributed by atoms with Crippen LogP contribution in [0.25, 0.3) is 0 Å². The molecule has 6 heteroatoms. The number of nitriles is 1. The maximum absolute atomic E-state index is 12.5. The van der Waals surface area contributed by atoms with E-state index in [9.17, 15) is 4.79 Å². The van der Waals surface area contributed by atoms with E-state index in [4.69, 9.17) is 16.9 Å². The molecule has 0 radical (unpaired) electrons. The molecule has 0 bridgehead atoms. The molecule has 0 spiro atoms. The van der Waals surface area contributed by atoms with Crippen LogP contribution in [0.5, 0.6) is 0 Å². The van der Waals surface area contributed by atoms with Crippen molar-refractivity contribution in [3.05, 3.63) is 82.5 Å². The summed E-state index contributed by atoms with van der Waals surface area (Å²) in [6.07, 6.45) is 1.55. The molecule has 128 valence electrons. The fourth-order valence-electron chi connectivity index (χ4n) is 2.41. The number of carbonyl (C=O) groups excluding carboxylic acids is 1. The number of hydrogen-bond donors (Lipinski definition) is 2. The number of hydrogen-bond acceptors (Lipinski definition) is 4. The van der Waals surface area contributed by atoms with Gasteiger partial charge in [-0.05, 0) is 48.9 Å². The lowest BCUT2D eigenvalue weighted by atomic mass is 10.1. The second-order valence-electron chi connectivity index (χ2n) is 5.58. The Balaban J connectivity index is 1.82. The van der Waals surface area contributed by atoms with E-state index in [0.29, 0.717) is 27.7 Å². The number of carbonyl (C=O) groups is 1. The summed E-state index contributed by atoms with van der Waals surface area (Å²) in [5, 5.41) is 15.7. The highest BCUT2D eigenvalue weighted by Crippen LogP contribution is 2.25. The summed E-state index contributed by atoms with van der Waals surface area (Å²) >= 11 is 6.13. The van der Waals surface area contributed by atoms with E-state index in [1.165, 1.54) is 0 Å². The van der Waals surface area contributed by atoms with Gasteiger partial charge in [-0.2, -0.15) is 5.26 Å². The Hall–Kier alpha value is -3.36. The van der Waals surface area contributed by atoms with Crippen molar-refractivity contribution in [2.24, 2.45) is 0 Å². The van der Waals surface area contributed by atoms with Gasteiger partial charge in [0, 0.05) is 22.5 Å². The third kappa shape index (κ3) is 3.82. The van der Waals surface area contributed by atoms with E-state index in [1.54, 1.807) is 42.6 Å². The van der Waals surface area contributed by atoms with Crippen molar-refractivity contribution >= 4 is 34.7 Å². The molecule has 2 aromatic carbocycles. The number of amides is 1. The largest absolute Gasteiger partial charge is 0.340 e. The highest BCUT2D eigenvalue weighted by molar-refractivity contribution is 6.31. The fourth-order valence-corrected chi connectivity index (χ4v) is 2.58. The van der Waals surface area contributed by atoms with Crippen molar-refractivity contribution in [3.63, 3.8) is 0 Å². The van der Waals surface area contributed by atoms with E-state index < -0.39 is 0 Å². The first-order valence-corrected chi connectivity index (χ1v) is 8.25. The van der Waals surface area contributed by atoms with Gasteiger partial charge in [0.2, 0.25) is 0 Å². The van der Waals surface area contributed by atoms with Gasteiger partial charge in [0.05, 0.1) is 11.3 Å². The monoisotopic (exact) mass is 362 g/mol. The smallest absolute Gasteiger partial charge is 0.255 e. The average Bonchev–Trinajstić information content (AvgIpc) is 2.66. The van der Waals surface area contributed by atoms with Gasteiger partial charge >= 0.3 is 0 Å². The molecule has 3 aromatic rings. The minimum Gasteiger partial charge on any atom is -0.340 e. The maximum atomic E-state index is 12.5. The van der Waals surface area contributed by atoms with Crippen LogP contribution in [-0.4, -0.2) is 10.9 Å². The zero-order chi connectivity index (χ0) is 18.5. The van der Waals surface area contributed by atoms with Crippen LogP contribution in [0.4, 0.5) is 17.2 Å². The van der Waals surface area contributed by atoms with Gasteiger partial charge in [-0.25, -0.2) is 4.98 Å². The van der Waals surface area contributed by atoms with Crippen LogP contribution in [0, 0.1) is 18.3 Å². The molecule has 0 saturated heterocycles. The third-order valence-corrected chi connectivity index (χ3v) is 4.26. The number of aromatic nitrogens is 1. The van der Waals surface area contributed by atoms with Crippen molar-refractivity contribution in [2.75, 3.05) is 10.6 Å². The van der Waals surface area contributed by atoms with Crippen LogP contribution < -0.4 is 10.6 Å². The first kappa shape index (κ1) is 17.5. The molecule has 0 unspecified atom stereocenters. The highest BCUT2D eigenvalue weighted by atomic mass is 35.5. The molecule has 0 fully saturated rings. The Morgan fingerprint density at radius 2 is 1.88 bits per heavy atom. The molecule has 0 saturated carbocycles. The van der Waals surface area contributed by atoms with Crippen LogP contribution >= 0.6 is 11.6 Å². The van der Waals surface area contributed by atoms with Gasteiger partial charge in [0.25, 0.3) is 5.91 Å². The van der Waals surface area contributed by atoms with E-state index >= 15 is 0 Å². The number of anilines is 3. The zero-order valence-electron chi connectivity index (χ0n) is 14.0. The van der Waals surface area contributed by atoms with Crippen LogP contribution in [0.3, 0.4) is 0 Å². The predicted octanol–water partition coefficient (Wildman–Crippen LogP) is 4.91. The molecule has 3 rings (SSSR count). The number of nitrogens with one attached hydrogen (secondary N) is 2. The molecule has 5 nitrogen and oxygen atoms in total. The Labute approximate surface area is 156 Å². The normalized spacial score (nSPS) is 10.0. The number of halogens is 1. The van der Waals surface area contributed by atoms with Crippen molar-refractivity contribution < 1.29 is 4.79 Å². The summed E-state index contributed by atoms with van der Waals surface area (Å²) in [6.45, 7) is 1.90. The molecule has 0 aliphatic heterocycles. The van der Waals surface area contributed by atoms with Gasteiger partial charge in [0.1, 0.15) is 11.9 Å². The molecule has 0 aliphatic carbocycles. The first-order valence-electron chi connectivity index (χ1n) is 7.87. The highest BCUT2D eigenvalue weighted by Gasteiger charge is 2.11. The van der Waals surface area contributed by atoms with Gasteiger partial charge in [0.15, 0.2) is 0 Å². The lowest BCUT2D eigenvalue weighted by Crippen LogP contribution is -2.13. The van der Waals surface area contributed by atoms with Crippen molar-refractivity contribution in [1.29, 1.82) is 5.26 Å². The quantitative estimate of drug-likeness (QED) is 0.691. The first-order chi connectivity index (χ1) is 12.6. The summed E-state index contributed by atoms with van der Waals surface area (Å²) < 4.78 is 0. The number of benzene rings is 2. The van der Waals surface area contributed by atoms with Gasteiger partial charge < -0.3 is 10.6 Å². The van der Waals surface area contributed by atoms with Crippen LogP contribution in [0.15, 0.2) is 60.8 Å². The van der Waals surface area contributed by atoms with E-state index in [-0.39, 0.29) is 5.91 Å². The third-order valence-electron chi connectivity index (χ3n) is 3.85. The topological polar surface area (TPSA) is 77.8 Å². The molecule has 1 amide bonds. The standard InChI is InChI=1S/C20H15ClN4O/c1-13-16(21)6-4-8-17(13)24-19-11-14(9-10-23-19)20(26)25-18-7-3-2-5-15(18)12-22/h2-11H,1H3,(H,23,24)(H,25,26). The molecule has 26 heavy (non-hydrogen) atoms. The molecule has 2 N–H and O–H groups in total. The fraction of sp³-hybridized carbons (Fsp3) is 0.0500. The number of pyridine rings is 1. The summed E-state index contributed by atoms with van der Waals surface area (Å²) in [6, 6.07) is 17.7. The summed E-state index contributed by atoms with van der Waals surface area (Å²) in [7, 11) is 0. The van der Waals surface area contributed by atoms with E-state index in [1.807, 2.05) is 25.1 Å². The molecular formula is C20H15ClN4O. The Bertz CT molecular complexity index is 1010. The van der Waals surface area contributed by atoms with E-state index in [2.05, 4.69) is 21.7 Å². The number of rotatable bonds is 4. The number of nitrogens with zero attached hydrogens (tertiary/aromatic N) is 2. The minimum absolute atomic E-state index is 0.319. The van der Waals surface area contributed by atoms with Crippen LogP contribution in [-0.2, 0) is 0 Å².